The lowest BCUT2D eigenvalue weighted by molar-refractivity contribution is -0.129. The maximum absolute atomic E-state index is 11.7. The molecule has 1 rings (SSSR count). The summed E-state index contributed by atoms with van der Waals surface area (Å²) < 4.78 is 4.88. The average Bonchev–Trinajstić information content (AvgIpc) is 2.71. The highest BCUT2D eigenvalue weighted by Gasteiger charge is 2.23. The number of carbonyl (C=O) groups excluding carboxylic acids is 2. The molecule has 6 heteroatoms. The second kappa shape index (κ2) is 7.33. The molecule has 1 heterocycles. The first-order valence-corrected chi connectivity index (χ1v) is 6.37. The van der Waals surface area contributed by atoms with E-state index in [9.17, 15) is 9.59 Å². The second-order valence-electron chi connectivity index (χ2n) is 4.74. The number of carbonyl (C=O) groups is 2. The van der Waals surface area contributed by atoms with Crippen LogP contribution in [0.15, 0.2) is 0 Å². The van der Waals surface area contributed by atoms with Crippen LogP contribution in [0.1, 0.15) is 26.2 Å². The Bertz CT molecular complexity index is 296. The van der Waals surface area contributed by atoms with Gasteiger partial charge in [0.25, 0.3) is 0 Å². The Morgan fingerprint density at radius 1 is 1.61 bits per heavy atom. The fraction of sp³-hybridized carbons (Fsp3) is 0.833. The average molecular weight is 257 g/mol. The Morgan fingerprint density at radius 3 is 2.89 bits per heavy atom. The predicted molar refractivity (Wildman–Crippen MR) is 67.9 cm³/mol. The molecule has 0 aliphatic carbocycles. The Kier molecular flexibility index (Phi) is 6.07. The molecule has 2 atom stereocenters. The SMILES string of the molecule is COCCC(N)C(=O)NC(C)CN1CCCC1=O. The monoisotopic (exact) mass is 257 g/mol. The van der Waals surface area contributed by atoms with Crippen molar-refractivity contribution >= 4 is 11.8 Å². The van der Waals surface area contributed by atoms with Crippen LogP contribution >= 0.6 is 0 Å². The van der Waals surface area contributed by atoms with Gasteiger partial charge in [0.2, 0.25) is 11.8 Å². The van der Waals surface area contributed by atoms with Crippen molar-refractivity contribution in [2.45, 2.75) is 38.3 Å². The number of hydrogen-bond acceptors (Lipinski definition) is 4. The number of nitrogens with two attached hydrogens (primary N) is 1. The molecule has 0 saturated carbocycles. The lowest BCUT2D eigenvalue weighted by Gasteiger charge is -2.23. The summed E-state index contributed by atoms with van der Waals surface area (Å²) in [7, 11) is 1.58. The van der Waals surface area contributed by atoms with Crippen LogP contribution in [0, 0.1) is 0 Å². The summed E-state index contributed by atoms with van der Waals surface area (Å²) in [5, 5.41) is 2.82. The van der Waals surface area contributed by atoms with E-state index in [1.165, 1.54) is 0 Å². The molecule has 2 amide bonds. The molecule has 0 aromatic carbocycles. The molecule has 18 heavy (non-hydrogen) atoms. The first kappa shape index (κ1) is 14.9. The molecule has 0 bridgehead atoms. The van der Waals surface area contributed by atoms with E-state index in [0.29, 0.717) is 26.0 Å². The van der Waals surface area contributed by atoms with Crippen LogP contribution in [-0.4, -0.2) is 55.6 Å². The molecular weight excluding hydrogens is 234 g/mol. The van der Waals surface area contributed by atoms with Gasteiger partial charge >= 0.3 is 0 Å². The van der Waals surface area contributed by atoms with Crippen LogP contribution < -0.4 is 11.1 Å². The van der Waals surface area contributed by atoms with Crippen LogP contribution in [0.5, 0.6) is 0 Å². The van der Waals surface area contributed by atoms with E-state index in [4.69, 9.17) is 10.5 Å². The summed E-state index contributed by atoms with van der Waals surface area (Å²) in [6.07, 6.45) is 2.03. The van der Waals surface area contributed by atoms with E-state index in [-0.39, 0.29) is 17.9 Å². The van der Waals surface area contributed by atoms with E-state index in [1.807, 2.05) is 6.92 Å². The number of rotatable bonds is 7. The highest BCUT2D eigenvalue weighted by Crippen LogP contribution is 2.09. The van der Waals surface area contributed by atoms with Gasteiger partial charge in [0.1, 0.15) is 0 Å². The molecule has 0 aromatic rings. The van der Waals surface area contributed by atoms with Crippen molar-refractivity contribution in [3.05, 3.63) is 0 Å². The zero-order valence-electron chi connectivity index (χ0n) is 11.1. The lowest BCUT2D eigenvalue weighted by atomic mass is 10.2. The minimum Gasteiger partial charge on any atom is -0.385 e. The van der Waals surface area contributed by atoms with Crippen LogP contribution in [0.25, 0.3) is 0 Å². The topological polar surface area (TPSA) is 84.7 Å². The quantitative estimate of drug-likeness (QED) is 0.642. The van der Waals surface area contributed by atoms with Crippen molar-refractivity contribution in [3.8, 4) is 0 Å². The van der Waals surface area contributed by atoms with E-state index in [0.717, 1.165) is 13.0 Å². The molecule has 6 nitrogen and oxygen atoms in total. The van der Waals surface area contributed by atoms with Crippen LogP contribution in [0.2, 0.25) is 0 Å². The van der Waals surface area contributed by atoms with Gasteiger partial charge in [-0.15, -0.1) is 0 Å². The van der Waals surface area contributed by atoms with Crippen molar-refractivity contribution in [3.63, 3.8) is 0 Å². The standard InChI is InChI=1S/C12H23N3O3/c1-9(8-15-6-3-4-11(15)16)14-12(17)10(13)5-7-18-2/h9-10H,3-8,13H2,1-2H3,(H,14,17). The summed E-state index contributed by atoms with van der Waals surface area (Å²) in [6.45, 7) is 3.69. The Hall–Kier alpha value is -1.14. The zero-order chi connectivity index (χ0) is 13.5. The van der Waals surface area contributed by atoms with Gasteiger partial charge in [0.05, 0.1) is 6.04 Å². The maximum atomic E-state index is 11.7. The molecule has 3 N–H and O–H groups in total. The van der Waals surface area contributed by atoms with Crippen LogP contribution in [0.4, 0.5) is 0 Å². The number of ether oxygens (including phenoxy) is 1. The first-order valence-electron chi connectivity index (χ1n) is 6.37. The molecule has 0 spiro atoms. The second-order valence-corrected chi connectivity index (χ2v) is 4.74. The lowest BCUT2D eigenvalue weighted by Crippen LogP contribution is -2.48. The highest BCUT2D eigenvalue weighted by molar-refractivity contribution is 5.82. The Balaban J connectivity index is 2.28. The third kappa shape index (κ3) is 4.62. The largest absolute Gasteiger partial charge is 0.385 e. The molecule has 0 radical (unpaired) electrons. The molecular formula is C12H23N3O3. The Morgan fingerprint density at radius 2 is 2.33 bits per heavy atom. The summed E-state index contributed by atoms with van der Waals surface area (Å²) >= 11 is 0. The normalized spacial score (nSPS) is 18.8. The van der Waals surface area contributed by atoms with Gasteiger partial charge in [0.15, 0.2) is 0 Å². The Labute approximate surface area is 108 Å². The molecule has 1 aliphatic rings. The van der Waals surface area contributed by atoms with Crippen molar-refractivity contribution in [2.24, 2.45) is 5.73 Å². The minimum absolute atomic E-state index is 0.0758. The van der Waals surface area contributed by atoms with Crippen LogP contribution in [-0.2, 0) is 14.3 Å². The molecule has 1 aliphatic heterocycles. The summed E-state index contributed by atoms with van der Waals surface area (Å²) in [4.78, 5) is 24.9. The maximum Gasteiger partial charge on any atom is 0.237 e. The van der Waals surface area contributed by atoms with Gasteiger partial charge in [-0.2, -0.15) is 0 Å². The molecule has 2 unspecified atom stereocenters. The third-order valence-electron chi connectivity index (χ3n) is 3.02. The van der Waals surface area contributed by atoms with Crippen molar-refractivity contribution in [1.82, 2.24) is 10.2 Å². The van der Waals surface area contributed by atoms with Gasteiger partial charge in [0, 0.05) is 39.3 Å². The number of nitrogens with one attached hydrogen (secondary N) is 1. The number of hydrogen-bond donors (Lipinski definition) is 2. The smallest absolute Gasteiger partial charge is 0.237 e. The number of methoxy groups -OCH3 is 1. The molecule has 104 valence electrons. The summed E-state index contributed by atoms with van der Waals surface area (Å²) in [5.74, 6) is -0.0222. The van der Waals surface area contributed by atoms with E-state index in [1.54, 1.807) is 12.0 Å². The van der Waals surface area contributed by atoms with E-state index >= 15 is 0 Å². The van der Waals surface area contributed by atoms with Gasteiger partial charge < -0.3 is 20.7 Å². The fourth-order valence-corrected chi connectivity index (χ4v) is 2.00. The summed E-state index contributed by atoms with van der Waals surface area (Å²) in [5.41, 5.74) is 5.71. The zero-order valence-corrected chi connectivity index (χ0v) is 11.1. The number of nitrogens with zero attached hydrogens (tertiary/aromatic N) is 1. The third-order valence-corrected chi connectivity index (χ3v) is 3.02. The predicted octanol–water partition coefficient (Wildman–Crippen LogP) is -0.523. The van der Waals surface area contributed by atoms with Gasteiger partial charge in [-0.25, -0.2) is 0 Å². The van der Waals surface area contributed by atoms with E-state index < -0.39 is 6.04 Å². The van der Waals surface area contributed by atoms with Crippen LogP contribution in [0.3, 0.4) is 0 Å². The summed E-state index contributed by atoms with van der Waals surface area (Å²) in [6, 6.07) is -0.630. The van der Waals surface area contributed by atoms with Gasteiger partial charge in [-0.1, -0.05) is 0 Å². The van der Waals surface area contributed by atoms with Gasteiger partial charge in [-0.3, -0.25) is 9.59 Å². The first-order chi connectivity index (χ1) is 8.54. The number of amides is 2. The van der Waals surface area contributed by atoms with E-state index in [2.05, 4.69) is 5.32 Å². The fourth-order valence-electron chi connectivity index (χ4n) is 2.00. The molecule has 1 fully saturated rings. The number of likely N-dealkylation sites (tertiary alicyclic amines) is 1. The molecule has 1 saturated heterocycles. The highest BCUT2D eigenvalue weighted by atomic mass is 16.5. The van der Waals surface area contributed by atoms with Crippen molar-refractivity contribution in [2.75, 3.05) is 26.8 Å². The van der Waals surface area contributed by atoms with Gasteiger partial charge in [-0.05, 0) is 19.8 Å². The molecule has 0 aromatic heterocycles. The minimum atomic E-state index is -0.554. The van der Waals surface area contributed by atoms with Crippen molar-refractivity contribution in [1.29, 1.82) is 0 Å². The van der Waals surface area contributed by atoms with Crippen molar-refractivity contribution < 1.29 is 14.3 Å².